The number of para-hydroxylation sites is 1. The van der Waals surface area contributed by atoms with Crippen molar-refractivity contribution >= 4 is 17.5 Å². The summed E-state index contributed by atoms with van der Waals surface area (Å²) in [5.41, 5.74) is 2.71. The lowest BCUT2D eigenvalue weighted by molar-refractivity contribution is 0.0679. The molecule has 4 rings (SSSR count). The number of benzene rings is 3. The Labute approximate surface area is 214 Å². The van der Waals surface area contributed by atoms with Gasteiger partial charge >= 0.3 is 0 Å². The Morgan fingerprint density at radius 2 is 1.72 bits per heavy atom. The lowest BCUT2D eigenvalue weighted by atomic mass is 10.1. The van der Waals surface area contributed by atoms with E-state index >= 15 is 0 Å². The molecule has 0 atom stereocenters. The van der Waals surface area contributed by atoms with Gasteiger partial charge in [-0.15, -0.1) is 0 Å². The number of carbonyl (C=O) groups is 1. The maximum Gasteiger partial charge on any atom is 0.254 e. The summed E-state index contributed by atoms with van der Waals surface area (Å²) in [6.45, 7) is 2.97. The van der Waals surface area contributed by atoms with Gasteiger partial charge in [0, 0.05) is 24.2 Å². The minimum absolute atomic E-state index is 0.161. The molecule has 186 valence electrons. The molecule has 0 fully saturated rings. The zero-order valence-electron chi connectivity index (χ0n) is 20.2. The molecule has 0 spiro atoms. The second-order valence-electron chi connectivity index (χ2n) is 8.11. The number of methoxy groups -OCH3 is 1. The molecule has 0 bridgehead atoms. The Hall–Kier alpha value is -3.68. The minimum Gasteiger partial charge on any atom is -0.439 e. The third-order valence-electron chi connectivity index (χ3n) is 5.68. The van der Waals surface area contributed by atoms with Crippen molar-refractivity contribution in [2.75, 3.05) is 20.3 Å². The molecule has 0 saturated carbocycles. The largest absolute Gasteiger partial charge is 0.439 e. The summed E-state index contributed by atoms with van der Waals surface area (Å²) in [6, 6.07) is 22.2. The van der Waals surface area contributed by atoms with Gasteiger partial charge in [0.15, 0.2) is 0 Å². The van der Waals surface area contributed by atoms with Crippen LogP contribution in [0.5, 0.6) is 11.6 Å². The number of aryl methyl sites for hydroxylation is 1. The second-order valence-corrected chi connectivity index (χ2v) is 8.55. The van der Waals surface area contributed by atoms with Crippen LogP contribution >= 0.6 is 11.6 Å². The van der Waals surface area contributed by atoms with Crippen molar-refractivity contribution in [2.24, 2.45) is 0 Å². The second kappa shape index (κ2) is 11.8. The molecule has 1 aromatic heterocycles. The number of hydrogen-bond donors (Lipinski definition) is 0. The summed E-state index contributed by atoms with van der Waals surface area (Å²) in [5, 5.41) is 5.34. The van der Waals surface area contributed by atoms with Gasteiger partial charge in [0.25, 0.3) is 5.91 Å². The first-order valence-electron chi connectivity index (χ1n) is 11.6. The van der Waals surface area contributed by atoms with Gasteiger partial charge in [-0.1, -0.05) is 36.7 Å². The van der Waals surface area contributed by atoms with E-state index in [1.165, 1.54) is 12.1 Å². The first-order chi connectivity index (χ1) is 17.5. The summed E-state index contributed by atoms with van der Waals surface area (Å²) < 4.78 is 26.9. The summed E-state index contributed by atoms with van der Waals surface area (Å²) in [7, 11) is 1.60. The highest BCUT2D eigenvalue weighted by molar-refractivity contribution is 6.30. The summed E-state index contributed by atoms with van der Waals surface area (Å²) >= 11 is 6.02. The van der Waals surface area contributed by atoms with Crippen molar-refractivity contribution in [3.63, 3.8) is 0 Å². The fraction of sp³-hybridized carbons (Fsp3) is 0.214. The van der Waals surface area contributed by atoms with E-state index in [1.807, 2.05) is 37.3 Å². The summed E-state index contributed by atoms with van der Waals surface area (Å²) in [4.78, 5) is 15.2. The molecular weight excluding hydrogens is 481 g/mol. The van der Waals surface area contributed by atoms with Crippen LogP contribution in [0, 0.1) is 5.82 Å². The number of nitrogens with zero attached hydrogens (tertiary/aromatic N) is 3. The van der Waals surface area contributed by atoms with Crippen molar-refractivity contribution in [3.8, 4) is 17.3 Å². The molecule has 0 N–H and O–H groups in total. The number of carbonyl (C=O) groups excluding carboxylic acids is 1. The molecule has 36 heavy (non-hydrogen) atoms. The number of rotatable bonds is 10. The fourth-order valence-electron chi connectivity index (χ4n) is 3.80. The Kier molecular flexibility index (Phi) is 8.36. The average molecular weight is 508 g/mol. The zero-order chi connectivity index (χ0) is 25.5. The number of amides is 1. The molecule has 6 nitrogen and oxygen atoms in total. The van der Waals surface area contributed by atoms with Gasteiger partial charge in [-0.05, 0) is 67.1 Å². The molecule has 4 aromatic rings. The molecule has 0 aliphatic rings. The maximum atomic E-state index is 13.6. The van der Waals surface area contributed by atoms with Crippen molar-refractivity contribution in [1.29, 1.82) is 0 Å². The number of hydrogen-bond acceptors (Lipinski definition) is 4. The monoisotopic (exact) mass is 507 g/mol. The highest BCUT2D eigenvalue weighted by Crippen LogP contribution is 2.32. The van der Waals surface area contributed by atoms with Crippen LogP contribution in [0.1, 0.15) is 28.5 Å². The Bertz CT molecular complexity index is 1290. The standard InChI is InChI=1S/C28H27ClFN3O3/c1-3-26-25(19-32(17-18-35-2)27(34)20-9-11-21(29)12-10-20)28(36-24-7-5-4-6-8-24)33(31-26)23-15-13-22(30)14-16-23/h4-16H,3,17-19H2,1-2H3. The van der Waals surface area contributed by atoms with E-state index in [-0.39, 0.29) is 18.3 Å². The van der Waals surface area contributed by atoms with Crippen LogP contribution in [-0.2, 0) is 17.7 Å². The molecule has 0 unspecified atom stereocenters. The first kappa shape index (κ1) is 25.4. The minimum atomic E-state index is -0.341. The lowest BCUT2D eigenvalue weighted by Crippen LogP contribution is -2.33. The molecule has 8 heteroatoms. The smallest absolute Gasteiger partial charge is 0.254 e. The van der Waals surface area contributed by atoms with E-state index in [2.05, 4.69) is 0 Å². The Morgan fingerprint density at radius 1 is 1.03 bits per heavy atom. The Balaban J connectivity index is 1.78. The van der Waals surface area contributed by atoms with Crippen LogP contribution in [0.2, 0.25) is 5.02 Å². The maximum absolute atomic E-state index is 13.6. The molecule has 1 amide bonds. The molecule has 0 aliphatic heterocycles. The van der Waals surface area contributed by atoms with Crippen molar-refractivity contribution in [1.82, 2.24) is 14.7 Å². The van der Waals surface area contributed by atoms with Crippen molar-refractivity contribution in [3.05, 3.63) is 107 Å². The van der Waals surface area contributed by atoms with Crippen LogP contribution in [0.3, 0.4) is 0 Å². The number of aromatic nitrogens is 2. The van der Waals surface area contributed by atoms with Crippen LogP contribution < -0.4 is 4.74 Å². The molecule has 0 radical (unpaired) electrons. The van der Waals surface area contributed by atoms with Gasteiger partial charge in [0.2, 0.25) is 5.88 Å². The van der Waals surface area contributed by atoms with Gasteiger partial charge in [-0.25, -0.2) is 9.07 Å². The summed E-state index contributed by atoms with van der Waals surface area (Å²) in [5.74, 6) is 0.589. The highest BCUT2D eigenvalue weighted by Gasteiger charge is 2.25. The van der Waals surface area contributed by atoms with Gasteiger partial charge in [0.05, 0.1) is 30.1 Å². The zero-order valence-corrected chi connectivity index (χ0v) is 20.9. The highest BCUT2D eigenvalue weighted by atomic mass is 35.5. The number of halogens is 2. The predicted octanol–water partition coefficient (Wildman–Crippen LogP) is 6.31. The topological polar surface area (TPSA) is 56.6 Å². The van der Waals surface area contributed by atoms with E-state index in [1.54, 1.807) is 53.1 Å². The van der Waals surface area contributed by atoms with E-state index in [9.17, 15) is 9.18 Å². The lowest BCUT2D eigenvalue weighted by Gasteiger charge is -2.23. The van der Waals surface area contributed by atoms with Crippen molar-refractivity contribution in [2.45, 2.75) is 19.9 Å². The van der Waals surface area contributed by atoms with E-state index in [0.29, 0.717) is 47.5 Å². The summed E-state index contributed by atoms with van der Waals surface area (Å²) in [6.07, 6.45) is 0.613. The number of ether oxygens (including phenoxy) is 2. The average Bonchev–Trinajstić information content (AvgIpc) is 3.24. The van der Waals surface area contributed by atoms with E-state index < -0.39 is 0 Å². The molecule has 3 aromatic carbocycles. The third-order valence-corrected chi connectivity index (χ3v) is 5.93. The van der Waals surface area contributed by atoms with Crippen LogP contribution in [0.4, 0.5) is 4.39 Å². The predicted molar refractivity (Wildman–Crippen MR) is 137 cm³/mol. The van der Waals surface area contributed by atoms with E-state index in [4.69, 9.17) is 26.2 Å². The van der Waals surface area contributed by atoms with Crippen molar-refractivity contribution < 1.29 is 18.7 Å². The SMILES string of the molecule is CCc1nn(-c2ccc(F)cc2)c(Oc2ccccc2)c1CN(CCOC)C(=O)c1ccc(Cl)cc1. The fourth-order valence-corrected chi connectivity index (χ4v) is 3.93. The first-order valence-corrected chi connectivity index (χ1v) is 12.0. The normalized spacial score (nSPS) is 10.9. The quantitative estimate of drug-likeness (QED) is 0.252. The van der Waals surface area contributed by atoms with Gasteiger partial charge in [-0.3, -0.25) is 4.79 Å². The molecular formula is C28H27ClFN3O3. The molecule has 0 saturated heterocycles. The molecule has 0 aliphatic carbocycles. The van der Waals surface area contributed by atoms with Crippen LogP contribution in [0.25, 0.3) is 5.69 Å². The Morgan fingerprint density at radius 3 is 2.36 bits per heavy atom. The third kappa shape index (κ3) is 5.93. The van der Waals surface area contributed by atoms with Gasteiger partial charge in [-0.2, -0.15) is 5.10 Å². The van der Waals surface area contributed by atoms with Crippen LogP contribution in [-0.4, -0.2) is 40.8 Å². The van der Waals surface area contributed by atoms with E-state index in [0.717, 1.165) is 11.3 Å². The van der Waals surface area contributed by atoms with Crippen LogP contribution in [0.15, 0.2) is 78.9 Å². The van der Waals surface area contributed by atoms with Gasteiger partial charge < -0.3 is 14.4 Å². The molecule has 1 heterocycles. The van der Waals surface area contributed by atoms with Gasteiger partial charge in [0.1, 0.15) is 11.6 Å².